The van der Waals surface area contributed by atoms with E-state index in [1.807, 2.05) is 6.20 Å². The summed E-state index contributed by atoms with van der Waals surface area (Å²) in [5.74, 6) is 0. The van der Waals surface area contributed by atoms with E-state index in [1.165, 1.54) is 22.3 Å². The number of hydrogen-bond acceptors (Lipinski definition) is 0. The van der Waals surface area contributed by atoms with Gasteiger partial charge in [-0.25, -0.2) is 5.57 Å². The third-order valence-corrected chi connectivity index (χ3v) is 3.91. The molecule has 0 unspecified atom stereocenters. The van der Waals surface area contributed by atoms with Gasteiger partial charge in [0.25, 0.3) is 0 Å². The van der Waals surface area contributed by atoms with Crippen molar-refractivity contribution in [1.29, 1.82) is 0 Å². The van der Waals surface area contributed by atoms with Crippen LogP contribution in [0, 0.1) is 17.7 Å². The molecule has 0 aromatic carbocycles. The van der Waals surface area contributed by atoms with Crippen LogP contribution in [0.2, 0.25) is 0 Å². The van der Waals surface area contributed by atoms with Crippen molar-refractivity contribution < 1.29 is 46.5 Å². The van der Waals surface area contributed by atoms with Crippen molar-refractivity contribution in [3.63, 3.8) is 0 Å². The predicted octanol–water partition coefficient (Wildman–Crippen LogP) is -0.770. The number of rotatable bonds is 0. The predicted molar refractivity (Wildman–Crippen MR) is 82.9 cm³/mol. The summed E-state index contributed by atoms with van der Waals surface area (Å²) in [6, 6.07) is 2.06. The van der Waals surface area contributed by atoms with Crippen LogP contribution in [0.5, 0.6) is 0 Å². The summed E-state index contributed by atoms with van der Waals surface area (Å²) in [6.45, 7) is 17.4. The van der Waals surface area contributed by atoms with Gasteiger partial charge in [0, 0.05) is 0 Å². The topological polar surface area (TPSA) is 15.8 Å². The molecule has 1 N–H and O–H groups in total. The van der Waals surface area contributed by atoms with Crippen molar-refractivity contribution in [3.8, 4) is 0 Å². The van der Waals surface area contributed by atoms with Gasteiger partial charge in [-0.3, -0.25) is 6.08 Å². The Morgan fingerprint density at radius 1 is 1.05 bits per heavy atom. The molecule has 122 valence electrons. The first-order valence-corrected chi connectivity index (χ1v) is 6.91. The van der Waals surface area contributed by atoms with Crippen LogP contribution in [0.15, 0.2) is 29.0 Å². The fourth-order valence-corrected chi connectivity index (χ4v) is 2.13. The van der Waals surface area contributed by atoms with Gasteiger partial charge in [0.2, 0.25) is 0 Å². The molecule has 4 heteroatoms. The van der Waals surface area contributed by atoms with E-state index >= 15 is 0 Å². The van der Waals surface area contributed by atoms with Crippen molar-refractivity contribution in [2.75, 3.05) is 0 Å². The van der Waals surface area contributed by atoms with Crippen LogP contribution in [-0.4, -0.2) is 4.98 Å². The Kier molecular flexibility index (Phi) is 12.3. The number of nitrogens with one attached hydrogen (secondary N) is 1. The first-order chi connectivity index (χ1) is 8.55. The fraction of sp³-hybridized carbons (Fsp3) is 0.556. The van der Waals surface area contributed by atoms with E-state index in [0.29, 0.717) is 0 Å². The molecule has 0 spiro atoms. The minimum absolute atomic E-state index is 0. The molecule has 0 atom stereocenters. The maximum atomic E-state index is 3.44. The fourth-order valence-electron chi connectivity index (χ4n) is 2.13. The Labute approximate surface area is 164 Å². The zero-order valence-electron chi connectivity index (χ0n) is 14.9. The maximum absolute atomic E-state index is 3.44. The van der Waals surface area contributed by atoms with Gasteiger partial charge in [0.15, 0.2) is 0 Å². The minimum atomic E-state index is 0. The van der Waals surface area contributed by atoms with Crippen molar-refractivity contribution in [3.05, 3.63) is 46.8 Å². The van der Waals surface area contributed by atoms with E-state index in [4.69, 9.17) is 0 Å². The summed E-state index contributed by atoms with van der Waals surface area (Å²) >= 11 is 0. The van der Waals surface area contributed by atoms with Gasteiger partial charge in [0.05, 0.1) is 0 Å². The van der Waals surface area contributed by atoms with E-state index in [2.05, 4.69) is 78.7 Å². The van der Waals surface area contributed by atoms with Crippen LogP contribution in [0.3, 0.4) is 0 Å². The number of aromatic nitrogens is 1. The van der Waals surface area contributed by atoms with Crippen LogP contribution >= 0.6 is 0 Å². The summed E-state index contributed by atoms with van der Waals surface area (Å²) in [7, 11) is 0. The Bertz CT molecular complexity index is 492. The number of H-pyrrole nitrogens is 1. The Morgan fingerprint density at radius 2 is 1.55 bits per heavy atom. The van der Waals surface area contributed by atoms with Crippen molar-refractivity contribution in [2.24, 2.45) is 5.41 Å². The molecular weight excluding hydrogens is 349 g/mol. The molecule has 0 radical (unpaired) electrons. The summed E-state index contributed by atoms with van der Waals surface area (Å²) in [5.41, 5.74) is 5.87. The van der Waals surface area contributed by atoms with Crippen LogP contribution in [-0.2, 0) is 27.1 Å². The second kappa shape index (κ2) is 10.0. The number of halogens is 2. The van der Waals surface area contributed by atoms with Crippen LogP contribution in [0.25, 0.3) is 0 Å². The van der Waals surface area contributed by atoms with Gasteiger partial charge in [-0.05, 0) is 5.41 Å². The first-order valence-electron chi connectivity index (χ1n) is 6.91. The molecule has 1 heterocycles. The number of aromatic amines is 1. The molecule has 0 aliphatic heterocycles. The standard InChI is InChI=1S/C10H15.C8H12N.2ClH.Ti/c1-7-6-10(4,5)9(3)8(7)2;1-8(2,3)7-4-5-9-6-7;;;/h1-5H3;4-5,9H,1-3H3;2*1H;/q2*-1;;;+4/p-2. The first kappa shape index (κ1) is 26.9. The summed E-state index contributed by atoms with van der Waals surface area (Å²) in [4.78, 5) is 2.91. The normalized spacial score (nSPS) is 15.5. The van der Waals surface area contributed by atoms with Gasteiger partial charge >= 0.3 is 21.7 Å². The largest absolute Gasteiger partial charge is 4.00 e. The van der Waals surface area contributed by atoms with E-state index in [0.717, 1.165) is 0 Å². The molecule has 1 aromatic rings. The summed E-state index contributed by atoms with van der Waals surface area (Å²) in [6.07, 6.45) is 8.39. The third kappa shape index (κ3) is 7.09. The number of allylic oxidation sites excluding steroid dienone is 4. The second-order valence-electron chi connectivity index (χ2n) is 6.89. The van der Waals surface area contributed by atoms with Gasteiger partial charge in [-0.1, -0.05) is 53.9 Å². The zero-order chi connectivity index (χ0) is 14.8. The van der Waals surface area contributed by atoms with E-state index in [9.17, 15) is 0 Å². The van der Waals surface area contributed by atoms with Crippen LogP contribution in [0.4, 0.5) is 0 Å². The third-order valence-electron chi connectivity index (χ3n) is 3.91. The molecule has 2 rings (SSSR count). The second-order valence-corrected chi connectivity index (χ2v) is 6.89. The van der Waals surface area contributed by atoms with E-state index < -0.39 is 0 Å². The van der Waals surface area contributed by atoms with E-state index in [1.54, 1.807) is 0 Å². The molecular formula is C18H27Cl2NTi. The Hall–Kier alpha value is 0.0543. The van der Waals surface area contributed by atoms with Crippen molar-refractivity contribution in [2.45, 2.75) is 60.8 Å². The van der Waals surface area contributed by atoms with Crippen LogP contribution < -0.4 is 24.8 Å². The molecule has 1 aromatic heterocycles. The molecule has 0 saturated carbocycles. The molecule has 1 aliphatic rings. The maximum Gasteiger partial charge on any atom is 4.00 e. The van der Waals surface area contributed by atoms with Crippen molar-refractivity contribution in [1.82, 2.24) is 4.98 Å². The van der Waals surface area contributed by atoms with Crippen LogP contribution in [0.1, 0.15) is 61.0 Å². The molecule has 0 fully saturated rings. The van der Waals surface area contributed by atoms with Crippen molar-refractivity contribution >= 4 is 0 Å². The molecule has 0 bridgehead atoms. The molecule has 0 amide bonds. The quantitative estimate of drug-likeness (QED) is 0.452. The average Bonchev–Trinajstić information content (AvgIpc) is 2.84. The molecule has 1 nitrogen and oxygen atoms in total. The van der Waals surface area contributed by atoms with E-state index in [-0.39, 0.29) is 57.4 Å². The average molecular weight is 376 g/mol. The molecule has 0 saturated heterocycles. The molecule has 1 aliphatic carbocycles. The summed E-state index contributed by atoms with van der Waals surface area (Å²) in [5, 5.41) is 0. The van der Waals surface area contributed by atoms with Gasteiger partial charge in [-0.2, -0.15) is 23.4 Å². The Morgan fingerprint density at radius 3 is 1.68 bits per heavy atom. The monoisotopic (exact) mass is 375 g/mol. The van der Waals surface area contributed by atoms with Gasteiger partial charge in [0.1, 0.15) is 0 Å². The zero-order valence-corrected chi connectivity index (χ0v) is 18.0. The Balaban J connectivity index is -0.000000290. The SMILES string of the molecule is CC(C)(C)c1[c-][nH]cc1.CC1=[C-]C(C)(C)C(C)=C1C.[Cl-].[Cl-].[Ti+4]. The smallest absolute Gasteiger partial charge is 1.00 e. The summed E-state index contributed by atoms with van der Waals surface area (Å²) < 4.78 is 0. The number of hydrogen-bond donors (Lipinski definition) is 1. The minimum Gasteiger partial charge on any atom is -1.00 e. The van der Waals surface area contributed by atoms with Gasteiger partial charge < -0.3 is 29.8 Å². The molecule has 22 heavy (non-hydrogen) atoms. The van der Waals surface area contributed by atoms with Gasteiger partial charge in [-0.15, -0.1) is 18.7 Å².